The second kappa shape index (κ2) is 6.21. The molecule has 5 heteroatoms. The van der Waals surface area contributed by atoms with Gasteiger partial charge in [-0.2, -0.15) is 0 Å². The van der Waals surface area contributed by atoms with Crippen molar-refractivity contribution in [2.75, 3.05) is 12.4 Å². The Kier molecular flexibility index (Phi) is 4.30. The first-order valence-electron chi connectivity index (χ1n) is 6.92. The van der Waals surface area contributed by atoms with Crippen LogP contribution >= 0.6 is 23.2 Å². The van der Waals surface area contributed by atoms with Gasteiger partial charge in [0.05, 0.1) is 7.11 Å². The molecular weight excluding hydrogens is 319 g/mol. The summed E-state index contributed by atoms with van der Waals surface area (Å²) in [5.74, 6) is 0.790. The lowest BCUT2D eigenvalue weighted by Gasteiger charge is -2.31. The lowest BCUT2D eigenvalue weighted by Crippen LogP contribution is -2.37. The van der Waals surface area contributed by atoms with Crippen LogP contribution in [0.3, 0.4) is 0 Å². The van der Waals surface area contributed by atoms with Crippen LogP contribution in [0.25, 0.3) is 0 Å². The largest absolute Gasteiger partial charge is 0.497 e. The maximum Gasteiger partial charge on any atom is 0.142 e. The molecular formula is C17H16Cl2N2O. The number of anilines is 1. The van der Waals surface area contributed by atoms with E-state index in [0.29, 0.717) is 6.54 Å². The van der Waals surface area contributed by atoms with E-state index >= 15 is 0 Å². The second-order valence-corrected chi connectivity index (χ2v) is 6.11. The molecule has 1 unspecified atom stereocenters. The van der Waals surface area contributed by atoms with Crippen LogP contribution in [0, 0.1) is 0 Å². The zero-order valence-corrected chi connectivity index (χ0v) is 13.6. The minimum Gasteiger partial charge on any atom is -0.497 e. The summed E-state index contributed by atoms with van der Waals surface area (Å²) < 4.78 is 5.25. The Morgan fingerprint density at radius 2 is 1.95 bits per heavy atom. The first kappa shape index (κ1) is 15.2. The molecule has 0 spiro atoms. The van der Waals surface area contributed by atoms with Crippen molar-refractivity contribution in [3.8, 4) is 5.75 Å². The zero-order chi connectivity index (χ0) is 15.6. The second-order valence-electron chi connectivity index (χ2n) is 5.08. The predicted octanol–water partition coefficient (Wildman–Crippen LogP) is 4.47. The van der Waals surface area contributed by atoms with Crippen LogP contribution in [0.1, 0.15) is 11.1 Å². The van der Waals surface area contributed by atoms with Crippen molar-refractivity contribution < 1.29 is 4.74 Å². The van der Waals surface area contributed by atoms with Gasteiger partial charge in [0.25, 0.3) is 0 Å². The van der Waals surface area contributed by atoms with Crippen LogP contribution in [0.4, 0.5) is 5.69 Å². The predicted molar refractivity (Wildman–Crippen MR) is 91.6 cm³/mol. The molecule has 3 rings (SSSR count). The first-order valence-corrected chi connectivity index (χ1v) is 7.67. The summed E-state index contributed by atoms with van der Waals surface area (Å²) in [6, 6.07) is 13.5. The average Bonchev–Trinajstić information content (AvgIpc) is 2.54. The summed E-state index contributed by atoms with van der Waals surface area (Å²) in [5, 5.41) is 7.30. The Balaban J connectivity index is 1.82. The molecule has 22 heavy (non-hydrogen) atoms. The number of rotatable bonds is 4. The van der Waals surface area contributed by atoms with Gasteiger partial charge >= 0.3 is 0 Å². The fourth-order valence-corrected chi connectivity index (χ4v) is 2.83. The Hall–Kier alpha value is -1.68. The average molecular weight is 335 g/mol. The van der Waals surface area contributed by atoms with Crippen LogP contribution in [-0.2, 0) is 11.5 Å². The quantitative estimate of drug-likeness (QED) is 0.639. The topological polar surface area (TPSA) is 33.3 Å². The van der Waals surface area contributed by atoms with Crippen molar-refractivity contribution in [2.24, 2.45) is 0 Å². The van der Waals surface area contributed by atoms with Crippen molar-refractivity contribution in [2.45, 2.75) is 11.5 Å². The number of fused-ring (bicyclic) bond motifs is 1. The zero-order valence-electron chi connectivity index (χ0n) is 12.1. The van der Waals surface area contributed by atoms with Crippen molar-refractivity contribution in [3.05, 3.63) is 70.9 Å². The third-order valence-corrected chi connectivity index (χ3v) is 4.35. The number of methoxy groups -OCH3 is 1. The van der Waals surface area contributed by atoms with Gasteiger partial charge in [-0.3, -0.25) is 5.32 Å². The molecule has 0 radical (unpaired) electrons. The summed E-state index contributed by atoms with van der Waals surface area (Å²) in [5.41, 5.74) is 3.01. The minimum absolute atomic E-state index is 0.635. The summed E-state index contributed by atoms with van der Waals surface area (Å²) in [7, 11) is 1.65. The highest BCUT2D eigenvalue weighted by Crippen LogP contribution is 2.38. The summed E-state index contributed by atoms with van der Waals surface area (Å²) in [4.78, 5) is -0.757. The van der Waals surface area contributed by atoms with Crippen LogP contribution in [-0.4, -0.2) is 7.11 Å². The number of hydrogen-bond acceptors (Lipinski definition) is 3. The summed E-state index contributed by atoms with van der Waals surface area (Å²) >= 11 is 12.7. The molecule has 0 saturated carbocycles. The monoisotopic (exact) mass is 334 g/mol. The molecule has 0 aromatic heterocycles. The molecule has 1 aliphatic heterocycles. The van der Waals surface area contributed by atoms with Crippen molar-refractivity contribution in [1.29, 1.82) is 0 Å². The highest BCUT2D eigenvalue weighted by Gasteiger charge is 2.31. The van der Waals surface area contributed by atoms with Gasteiger partial charge in [-0.1, -0.05) is 35.3 Å². The Morgan fingerprint density at radius 1 is 1.18 bits per heavy atom. The van der Waals surface area contributed by atoms with Crippen LogP contribution in [0.2, 0.25) is 5.02 Å². The third kappa shape index (κ3) is 3.07. The van der Waals surface area contributed by atoms with E-state index in [4.69, 9.17) is 27.9 Å². The van der Waals surface area contributed by atoms with E-state index in [9.17, 15) is 0 Å². The van der Waals surface area contributed by atoms with Gasteiger partial charge in [0.15, 0.2) is 0 Å². The maximum absolute atomic E-state index is 6.78. The van der Waals surface area contributed by atoms with E-state index in [0.717, 1.165) is 27.6 Å². The maximum atomic E-state index is 6.78. The smallest absolute Gasteiger partial charge is 0.142 e. The third-order valence-electron chi connectivity index (χ3n) is 3.63. The van der Waals surface area contributed by atoms with E-state index in [1.165, 1.54) is 0 Å². The van der Waals surface area contributed by atoms with Crippen molar-refractivity contribution in [1.82, 2.24) is 5.32 Å². The molecule has 1 atom stereocenters. The number of ether oxygens (including phenoxy) is 1. The lowest BCUT2D eigenvalue weighted by molar-refractivity contribution is 0.414. The van der Waals surface area contributed by atoms with Gasteiger partial charge in [0.1, 0.15) is 10.7 Å². The molecule has 0 bridgehead atoms. The van der Waals surface area contributed by atoms with Gasteiger partial charge in [-0.05, 0) is 35.9 Å². The molecule has 1 aliphatic rings. The highest BCUT2D eigenvalue weighted by molar-refractivity contribution is 6.30. The number of hydrogen-bond donors (Lipinski definition) is 2. The van der Waals surface area contributed by atoms with Gasteiger partial charge in [0, 0.05) is 35.1 Å². The van der Waals surface area contributed by atoms with Gasteiger partial charge < -0.3 is 10.1 Å². The normalized spacial score (nSPS) is 19.4. The Bertz CT molecular complexity index is 700. The van der Waals surface area contributed by atoms with Crippen LogP contribution in [0.15, 0.2) is 54.7 Å². The standard InChI is InChI=1S/C17H16Cl2N2O/c1-22-14-6-7-15-16(10-14)20-9-8-17(15,19)21-11-12-2-4-13(18)5-3-12/h2-10,20-21H,11H2,1H3. The number of benzene rings is 2. The molecule has 0 amide bonds. The number of alkyl halides is 1. The summed E-state index contributed by atoms with van der Waals surface area (Å²) in [6.45, 7) is 0.635. The van der Waals surface area contributed by atoms with Crippen molar-refractivity contribution in [3.63, 3.8) is 0 Å². The summed E-state index contributed by atoms with van der Waals surface area (Å²) in [6.07, 6.45) is 3.74. The molecule has 0 saturated heterocycles. The van der Waals surface area contributed by atoms with Gasteiger partial charge in [-0.25, -0.2) is 0 Å². The lowest BCUT2D eigenvalue weighted by atomic mass is 10.0. The highest BCUT2D eigenvalue weighted by atomic mass is 35.5. The molecule has 2 aromatic rings. The molecule has 3 nitrogen and oxygen atoms in total. The fourth-order valence-electron chi connectivity index (χ4n) is 2.41. The van der Waals surface area contributed by atoms with E-state index in [1.54, 1.807) is 7.11 Å². The molecule has 2 aromatic carbocycles. The minimum atomic E-state index is -0.757. The fraction of sp³-hybridized carbons (Fsp3) is 0.176. The first-order chi connectivity index (χ1) is 10.6. The van der Waals surface area contributed by atoms with E-state index in [1.807, 2.05) is 54.7 Å². The molecule has 1 heterocycles. The number of nitrogens with one attached hydrogen (secondary N) is 2. The molecule has 0 fully saturated rings. The van der Waals surface area contributed by atoms with E-state index in [-0.39, 0.29) is 0 Å². The SMILES string of the molecule is COc1ccc2c(c1)NC=CC2(Cl)NCc1ccc(Cl)cc1. The van der Waals surface area contributed by atoms with E-state index in [2.05, 4.69) is 10.6 Å². The van der Waals surface area contributed by atoms with Crippen molar-refractivity contribution >= 4 is 28.9 Å². The Morgan fingerprint density at radius 3 is 2.68 bits per heavy atom. The van der Waals surface area contributed by atoms with E-state index < -0.39 is 5.00 Å². The Labute approximate surface area is 139 Å². The number of halogens is 2. The molecule has 114 valence electrons. The van der Waals surface area contributed by atoms with Crippen LogP contribution < -0.4 is 15.4 Å². The molecule has 2 N–H and O–H groups in total. The molecule has 0 aliphatic carbocycles. The van der Waals surface area contributed by atoms with Crippen LogP contribution in [0.5, 0.6) is 5.75 Å². The van der Waals surface area contributed by atoms with Gasteiger partial charge in [0.2, 0.25) is 0 Å². The van der Waals surface area contributed by atoms with Gasteiger partial charge in [-0.15, -0.1) is 0 Å².